The summed E-state index contributed by atoms with van der Waals surface area (Å²) in [5.74, 6) is 0. The lowest BCUT2D eigenvalue weighted by atomic mass is 10.8. The van der Waals surface area contributed by atoms with E-state index >= 15 is 0 Å². The van der Waals surface area contributed by atoms with Gasteiger partial charge in [-0.2, -0.15) is 0 Å². The van der Waals surface area contributed by atoms with Crippen molar-refractivity contribution in [3.05, 3.63) is 0 Å². The first-order chi connectivity index (χ1) is 3.81. The van der Waals surface area contributed by atoms with Crippen LogP contribution in [0.2, 0.25) is 0 Å². The SMILES string of the molecule is CNC(=O)OCCO. The Balaban J connectivity index is 2.99. The molecule has 8 heavy (non-hydrogen) atoms. The molecule has 0 aromatic rings. The Bertz CT molecular complexity index is 73.7. The highest BCUT2D eigenvalue weighted by Gasteiger charge is 1.92. The third-order valence-electron chi connectivity index (χ3n) is 0.529. The summed E-state index contributed by atoms with van der Waals surface area (Å²) in [5.41, 5.74) is 0. The van der Waals surface area contributed by atoms with Gasteiger partial charge in [0.2, 0.25) is 0 Å². The molecule has 0 heterocycles. The molecular weight excluding hydrogens is 110 g/mol. The molecule has 0 bridgehead atoms. The lowest BCUT2D eigenvalue weighted by molar-refractivity contribution is 0.121. The molecule has 4 nitrogen and oxygen atoms in total. The number of aliphatic hydroxyl groups is 1. The van der Waals surface area contributed by atoms with Crippen LogP contribution in [0.3, 0.4) is 0 Å². The maximum atomic E-state index is 10.1. The molecule has 4 heteroatoms. The quantitative estimate of drug-likeness (QED) is 0.507. The number of ether oxygens (including phenoxy) is 1. The highest BCUT2D eigenvalue weighted by atomic mass is 16.6. The second-order valence-corrected chi connectivity index (χ2v) is 1.11. The highest BCUT2D eigenvalue weighted by molar-refractivity contribution is 5.66. The highest BCUT2D eigenvalue weighted by Crippen LogP contribution is 1.71. The lowest BCUT2D eigenvalue weighted by Crippen LogP contribution is -2.20. The average molecular weight is 119 g/mol. The van der Waals surface area contributed by atoms with E-state index in [1.165, 1.54) is 7.05 Å². The molecule has 0 aromatic heterocycles. The Labute approximate surface area is 47.5 Å². The summed E-state index contributed by atoms with van der Waals surface area (Å²) in [7, 11) is 1.46. The van der Waals surface area contributed by atoms with Gasteiger partial charge in [-0.3, -0.25) is 0 Å². The summed E-state index contributed by atoms with van der Waals surface area (Å²) in [4.78, 5) is 10.1. The first kappa shape index (κ1) is 7.23. The van der Waals surface area contributed by atoms with Gasteiger partial charge in [0.15, 0.2) is 0 Å². The normalized spacial score (nSPS) is 8.25. The van der Waals surface area contributed by atoms with Gasteiger partial charge in [-0.15, -0.1) is 0 Å². The fraction of sp³-hybridized carbons (Fsp3) is 0.750. The maximum Gasteiger partial charge on any atom is 0.406 e. The van der Waals surface area contributed by atoms with E-state index in [2.05, 4.69) is 10.1 Å². The van der Waals surface area contributed by atoms with Gasteiger partial charge in [-0.05, 0) is 0 Å². The predicted molar refractivity (Wildman–Crippen MR) is 27.5 cm³/mol. The summed E-state index contributed by atoms with van der Waals surface area (Å²) in [5, 5.41) is 10.3. The van der Waals surface area contributed by atoms with Crippen molar-refractivity contribution in [3.8, 4) is 0 Å². The molecule has 2 N–H and O–H groups in total. The van der Waals surface area contributed by atoms with E-state index in [9.17, 15) is 4.79 Å². The molecule has 0 saturated carbocycles. The van der Waals surface area contributed by atoms with Crippen LogP contribution in [0.4, 0.5) is 4.79 Å². The number of aliphatic hydroxyl groups excluding tert-OH is 1. The average Bonchev–Trinajstić information content (AvgIpc) is 1.83. The van der Waals surface area contributed by atoms with Crippen LogP contribution in [0.1, 0.15) is 0 Å². The Morgan fingerprint density at radius 3 is 2.88 bits per heavy atom. The van der Waals surface area contributed by atoms with Crippen LogP contribution in [0, 0.1) is 0 Å². The fourth-order valence-electron chi connectivity index (χ4n) is 0.211. The molecule has 1 amide bonds. The summed E-state index contributed by atoms with van der Waals surface area (Å²) in [6, 6.07) is 0. The minimum atomic E-state index is -0.515. The Hall–Kier alpha value is -0.770. The van der Waals surface area contributed by atoms with Crippen molar-refractivity contribution in [1.82, 2.24) is 5.32 Å². The van der Waals surface area contributed by atoms with E-state index in [0.29, 0.717) is 0 Å². The van der Waals surface area contributed by atoms with Crippen molar-refractivity contribution < 1.29 is 14.6 Å². The van der Waals surface area contributed by atoms with E-state index in [4.69, 9.17) is 5.11 Å². The topological polar surface area (TPSA) is 58.6 Å². The Morgan fingerprint density at radius 1 is 1.88 bits per heavy atom. The Kier molecular flexibility index (Phi) is 3.97. The molecule has 0 spiro atoms. The van der Waals surface area contributed by atoms with Crippen LogP contribution in [-0.4, -0.2) is 31.5 Å². The van der Waals surface area contributed by atoms with E-state index in [1.54, 1.807) is 0 Å². The molecule has 0 radical (unpaired) electrons. The van der Waals surface area contributed by atoms with Gasteiger partial charge in [-0.25, -0.2) is 4.79 Å². The predicted octanol–water partition coefficient (Wildman–Crippen LogP) is -0.665. The van der Waals surface area contributed by atoms with Crippen molar-refractivity contribution in [2.75, 3.05) is 20.3 Å². The molecule has 0 unspecified atom stereocenters. The minimum absolute atomic E-state index is 0.0552. The second kappa shape index (κ2) is 4.39. The molecular formula is C4H9NO3. The smallest absolute Gasteiger partial charge is 0.406 e. The van der Waals surface area contributed by atoms with E-state index in [-0.39, 0.29) is 13.2 Å². The van der Waals surface area contributed by atoms with Crippen LogP contribution in [-0.2, 0) is 4.74 Å². The fourth-order valence-corrected chi connectivity index (χ4v) is 0.211. The van der Waals surface area contributed by atoms with Gasteiger partial charge in [-0.1, -0.05) is 0 Å². The number of hydrogen-bond donors (Lipinski definition) is 2. The molecule has 0 aliphatic carbocycles. The number of rotatable bonds is 2. The number of amides is 1. The molecule has 0 aromatic carbocycles. The lowest BCUT2D eigenvalue weighted by Gasteiger charge is -1.98. The van der Waals surface area contributed by atoms with Crippen molar-refractivity contribution >= 4 is 6.09 Å². The number of nitrogens with one attached hydrogen (secondary N) is 1. The summed E-state index contributed by atoms with van der Waals surface area (Å²) in [6.07, 6.45) is -0.515. The molecule has 0 aliphatic rings. The summed E-state index contributed by atoms with van der Waals surface area (Å²) in [6.45, 7) is -0.0763. The number of carbonyl (C=O) groups excluding carboxylic acids is 1. The zero-order valence-corrected chi connectivity index (χ0v) is 4.68. The van der Waals surface area contributed by atoms with Crippen LogP contribution in [0.25, 0.3) is 0 Å². The minimum Gasteiger partial charge on any atom is -0.447 e. The zero-order valence-electron chi connectivity index (χ0n) is 4.68. The standard InChI is InChI=1S/C4H9NO3/c1-5-4(7)8-3-2-6/h6H,2-3H2,1H3,(H,5,7). The van der Waals surface area contributed by atoms with Crippen LogP contribution >= 0.6 is 0 Å². The molecule has 0 aliphatic heterocycles. The monoisotopic (exact) mass is 119 g/mol. The third-order valence-corrected chi connectivity index (χ3v) is 0.529. The third kappa shape index (κ3) is 3.42. The van der Waals surface area contributed by atoms with E-state index < -0.39 is 6.09 Å². The van der Waals surface area contributed by atoms with Gasteiger partial charge < -0.3 is 15.2 Å². The van der Waals surface area contributed by atoms with Gasteiger partial charge in [0.25, 0.3) is 0 Å². The summed E-state index contributed by atoms with van der Waals surface area (Å²) >= 11 is 0. The second-order valence-electron chi connectivity index (χ2n) is 1.11. The zero-order chi connectivity index (χ0) is 6.41. The van der Waals surface area contributed by atoms with Gasteiger partial charge >= 0.3 is 6.09 Å². The maximum absolute atomic E-state index is 10.1. The molecule has 48 valence electrons. The van der Waals surface area contributed by atoms with Crippen LogP contribution < -0.4 is 5.32 Å². The summed E-state index contributed by atoms with van der Waals surface area (Å²) < 4.78 is 4.34. The Morgan fingerprint density at radius 2 is 2.50 bits per heavy atom. The molecule has 0 atom stereocenters. The van der Waals surface area contributed by atoms with Crippen LogP contribution in [0.5, 0.6) is 0 Å². The number of hydrogen-bond acceptors (Lipinski definition) is 3. The molecule has 0 fully saturated rings. The van der Waals surface area contributed by atoms with E-state index in [1.807, 2.05) is 0 Å². The van der Waals surface area contributed by atoms with Gasteiger partial charge in [0.1, 0.15) is 6.61 Å². The van der Waals surface area contributed by atoms with Crippen LogP contribution in [0.15, 0.2) is 0 Å². The molecule has 0 saturated heterocycles. The number of carbonyl (C=O) groups is 1. The first-order valence-electron chi connectivity index (χ1n) is 2.26. The van der Waals surface area contributed by atoms with Crippen molar-refractivity contribution in [3.63, 3.8) is 0 Å². The van der Waals surface area contributed by atoms with Crippen molar-refractivity contribution in [2.45, 2.75) is 0 Å². The van der Waals surface area contributed by atoms with E-state index in [0.717, 1.165) is 0 Å². The van der Waals surface area contributed by atoms with Crippen molar-refractivity contribution in [2.24, 2.45) is 0 Å². The van der Waals surface area contributed by atoms with Gasteiger partial charge in [0.05, 0.1) is 6.61 Å². The largest absolute Gasteiger partial charge is 0.447 e. The van der Waals surface area contributed by atoms with Gasteiger partial charge in [0, 0.05) is 7.05 Å². The molecule has 0 rings (SSSR count). The number of alkyl carbamates (subject to hydrolysis) is 1. The first-order valence-corrected chi connectivity index (χ1v) is 2.26. The van der Waals surface area contributed by atoms with Crippen molar-refractivity contribution in [1.29, 1.82) is 0 Å².